The van der Waals surface area contributed by atoms with Crippen LogP contribution in [0.1, 0.15) is 27.9 Å². The van der Waals surface area contributed by atoms with Gasteiger partial charge in [-0.05, 0) is 70.2 Å². The SMILES string of the molecule is COc1cc(C(=O)N(CCCN(C)C)c2nc3cc(C)cc(C)c3s2)cc(OC)c1OC.Cl. The fraction of sp³-hybridized carbons (Fsp3) is 0.417. The van der Waals surface area contributed by atoms with E-state index in [9.17, 15) is 4.79 Å². The van der Waals surface area contributed by atoms with Crippen molar-refractivity contribution in [1.82, 2.24) is 9.88 Å². The molecule has 1 amide bonds. The van der Waals surface area contributed by atoms with Gasteiger partial charge >= 0.3 is 0 Å². The van der Waals surface area contributed by atoms with Gasteiger partial charge in [-0.25, -0.2) is 4.98 Å². The molecule has 0 N–H and O–H groups in total. The van der Waals surface area contributed by atoms with Crippen LogP contribution in [0, 0.1) is 13.8 Å². The Morgan fingerprint density at radius 3 is 2.15 bits per heavy atom. The van der Waals surface area contributed by atoms with Crippen molar-refractivity contribution in [3.63, 3.8) is 0 Å². The lowest BCUT2D eigenvalue weighted by atomic mass is 10.1. The number of carbonyl (C=O) groups excluding carboxylic acids is 1. The molecule has 0 saturated carbocycles. The van der Waals surface area contributed by atoms with Gasteiger partial charge in [0, 0.05) is 12.1 Å². The number of nitrogens with zero attached hydrogens (tertiary/aromatic N) is 3. The summed E-state index contributed by atoms with van der Waals surface area (Å²) in [4.78, 5) is 22.4. The van der Waals surface area contributed by atoms with Gasteiger partial charge in [0.15, 0.2) is 16.6 Å². The molecule has 0 radical (unpaired) electrons. The van der Waals surface area contributed by atoms with Crippen molar-refractivity contribution >= 4 is 45.0 Å². The molecule has 1 heterocycles. The van der Waals surface area contributed by atoms with E-state index in [1.807, 2.05) is 14.1 Å². The Morgan fingerprint density at radius 2 is 1.61 bits per heavy atom. The molecule has 180 valence electrons. The number of fused-ring (bicyclic) bond motifs is 1. The molecule has 0 spiro atoms. The summed E-state index contributed by atoms with van der Waals surface area (Å²) in [6.07, 6.45) is 0.817. The van der Waals surface area contributed by atoms with Gasteiger partial charge in [0.1, 0.15) is 0 Å². The third kappa shape index (κ3) is 5.88. The van der Waals surface area contributed by atoms with Crippen LogP contribution in [0.5, 0.6) is 17.2 Å². The summed E-state index contributed by atoms with van der Waals surface area (Å²) in [5.41, 5.74) is 3.69. The highest BCUT2D eigenvalue weighted by Gasteiger charge is 2.25. The zero-order valence-corrected chi connectivity index (χ0v) is 21.9. The maximum Gasteiger partial charge on any atom is 0.260 e. The fourth-order valence-electron chi connectivity index (χ4n) is 3.67. The lowest BCUT2D eigenvalue weighted by Gasteiger charge is -2.22. The molecule has 3 rings (SSSR count). The number of ether oxygens (including phenoxy) is 3. The molecule has 0 unspecified atom stereocenters. The van der Waals surface area contributed by atoms with Crippen molar-refractivity contribution in [3.05, 3.63) is 41.0 Å². The van der Waals surface area contributed by atoms with Crippen molar-refractivity contribution in [2.24, 2.45) is 0 Å². The topological polar surface area (TPSA) is 64.1 Å². The predicted octanol–water partition coefficient (Wildman–Crippen LogP) is 4.96. The number of halogens is 1. The number of thiazole rings is 1. The van der Waals surface area contributed by atoms with E-state index in [1.54, 1.807) is 49.7 Å². The minimum Gasteiger partial charge on any atom is -0.493 e. The summed E-state index contributed by atoms with van der Waals surface area (Å²) in [7, 11) is 8.67. The maximum absolute atomic E-state index is 13.7. The molecule has 0 atom stereocenters. The molecule has 2 aromatic carbocycles. The molecule has 0 bridgehead atoms. The van der Waals surface area contributed by atoms with Crippen molar-refractivity contribution < 1.29 is 19.0 Å². The second kappa shape index (κ2) is 11.5. The van der Waals surface area contributed by atoms with Crippen LogP contribution in [0.15, 0.2) is 24.3 Å². The standard InChI is InChI=1S/C24H31N3O4S.ClH/c1-15-11-16(2)22-18(12-15)25-24(32-22)27(10-8-9-26(3)4)23(28)17-13-19(29-5)21(31-7)20(14-17)30-6;/h11-14H,8-10H2,1-7H3;1H. The first-order valence-electron chi connectivity index (χ1n) is 10.4. The number of carbonyl (C=O) groups is 1. The smallest absolute Gasteiger partial charge is 0.260 e. The second-order valence-electron chi connectivity index (χ2n) is 7.95. The quantitative estimate of drug-likeness (QED) is 0.420. The average molecular weight is 494 g/mol. The molecule has 7 nitrogen and oxygen atoms in total. The van der Waals surface area contributed by atoms with Crippen molar-refractivity contribution in [3.8, 4) is 17.2 Å². The van der Waals surface area contributed by atoms with Crippen LogP contribution in [0.25, 0.3) is 10.2 Å². The number of hydrogen-bond donors (Lipinski definition) is 0. The Morgan fingerprint density at radius 1 is 0.970 bits per heavy atom. The van der Waals surface area contributed by atoms with E-state index in [-0.39, 0.29) is 18.3 Å². The summed E-state index contributed by atoms with van der Waals surface area (Å²) >= 11 is 1.54. The van der Waals surface area contributed by atoms with Crippen molar-refractivity contribution in [2.45, 2.75) is 20.3 Å². The molecule has 0 aliphatic rings. The van der Waals surface area contributed by atoms with E-state index >= 15 is 0 Å². The maximum atomic E-state index is 13.7. The molecule has 33 heavy (non-hydrogen) atoms. The van der Waals surface area contributed by atoms with Gasteiger partial charge in [-0.15, -0.1) is 12.4 Å². The molecule has 9 heteroatoms. The van der Waals surface area contributed by atoms with E-state index in [1.165, 1.54) is 0 Å². The Hall–Kier alpha value is -2.55. The van der Waals surface area contributed by atoms with Gasteiger partial charge in [0.05, 0.1) is 31.5 Å². The zero-order chi connectivity index (χ0) is 23.4. The van der Waals surface area contributed by atoms with Crippen molar-refractivity contribution in [1.29, 1.82) is 0 Å². The number of anilines is 1. The van der Waals surface area contributed by atoms with E-state index in [2.05, 4.69) is 30.9 Å². The molecule has 0 aliphatic heterocycles. The number of methoxy groups -OCH3 is 3. The van der Waals surface area contributed by atoms with E-state index in [4.69, 9.17) is 19.2 Å². The van der Waals surface area contributed by atoms with E-state index in [0.717, 1.165) is 34.3 Å². The average Bonchev–Trinajstić information content (AvgIpc) is 3.18. The number of benzene rings is 2. The number of amides is 1. The van der Waals surface area contributed by atoms with Gasteiger partial charge in [-0.3, -0.25) is 9.69 Å². The Bertz CT molecular complexity index is 1090. The molecule has 1 aromatic heterocycles. The van der Waals surface area contributed by atoms with Crippen molar-refractivity contribution in [2.75, 3.05) is 53.4 Å². The molecular weight excluding hydrogens is 462 g/mol. The summed E-state index contributed by atoms with van der Waals surface area (Å²) in [5.74, 6) is 1.19. The largest absolute Gasteiger partial charge is 0.493 e. The first-order valence-corrected chi connectivity index (χ1v) is 11.2. The van der Waals surface area contributed by atoms with Crippen LogP contribution in [-0.4, -0.2) is 64.3 Å². The molecule has 0 saturated heterocycles. The molecular formula is C24H32ClN3O4S. The fourth-order valence-corrected chi connectivity index (χ4v) is 4.71. The van der Waals surface area contributed by atoms with Crippen LogP contribution in [0.2, 0.25) is 0 Å². The van der Waals surface area contributed by atoms with E-state index < -0.39 is 0 Å². The van der Waals surface area contributed by atoms with Gasteiger partial charge in [-0.2, -0.15) is 0 Å². The van der Waals surface area contributed by atoms with Crippen LogP contribution < -0.4 is 19.1 Å². The number of rotatable bonds is 9. The van der Waals surface area contributed by atoms with Crippen LogP contribution in [-0.2, 0) is 0 Å². The highest BCUT2D eigenvalue weighted by atomic mass is 35.5. The summed E-state index contributed by atoms with van der Waals surface area (Å²) in [6.45, 7) is 5.55. The van der Waals surface area contributed by atoms with Crippen LogP contribution in [0.4, 0.5) is 5.13 Å². The minimum absolute atomic E-state index is 0. The highest BCUT2D eigenvalue weighted by Crippen LogP contribution is 2.39. The third-order valence-corrected chi connectivity index (χ3v) is 6.41. The minimum atomic E-state index is -0.156. The monoisotopic (exact) mass is 493 g/mol. The Kier molecular flexibility index (Phi) is 9.34. The third-order valence-electron chi connectivity index (χ3n) is 5.18. The summed E-state index contributed by atoms with van der Waals surface area (Å²) in [5, 5.41) is 0.686. The molecule has 3 aromatic rings. The summed E-state index contributed by atoms with van der Waals surface area (Å²) < 4.78 is 17.4. The van der Waals surface area contributed by atoms with Gasteiger partial charge in [0.25, 0.3) is 5.91 Å². The normalized spacial score (nSPS) is 10.8. The zero-order valence-electron chi connectivity index (χ0n) is 20.2. The van der Waals surface area contributed by atoms with Crippen LogP contribution in [0.3, 0.4) is 0 Å². The van der Waals surface area contributed by atoms with E-state index in [0.29, 0.717) is 34.5 Å². The summed E-state index contributed by atoms with van der Waals surface area (Å²) in [6, 6.07) is 7.57. The number of aryl methyl sites for hydroxylation is 2. The first kappa shape index (κ1) is 26.7. The van der Waals surface area contributed by atoms with Gasteiger partial charge in [0.2, 0.25) is 5.75 Å². The van der Waals surface area contributed by atoms with Crippen LogP contribution >= 0.6 is 23.7 Å². The molecule has 0 fully saturated rings. The number of aromatic nitrogens is 1. The lowest BCUT2D eigenvalue weighted by Crippen LogP contribution is -2.33. The van der Waals surface area contributed by atoms with Gasteiger partial charge < -0.3 is 19.1 Å². The Labute approximate surface area is 205 Å². The van der Waals surface area contributed by atoms with Gasteiger partial charge in [-0.1, -0.05) is 17.4 Å². The number of hydrogen-bond acceptors (Lipinski definition) is 7. The first-order chi connectivity index (χ1) is 15.3. The highest BCUT2D eigenvalue weighted by molar-refractivity contribution is 7.22. The predicted molar refractivity (Wildman–Crippen MR) is 137 cm³/mol. The molecule has 0 aliphatic carbocycles. The second-order valence-corrected chi connectivity index (χ2v) is 8.93. The lowest BCUT2D eigenvalue weighted by molar-refractivity contribution is 0.0985. The Balaban J connectivity index is 0.00000385.